The maximum atomic E-state index is 12.9. The SMILES string of the molecule is C/C=C/CC/C=C/CC/C=C/C(O)C(COP(=O)(O)OCC[N+](C)(C)C)NC(=O)CCCCCCCCCCCCCCCCCCCC/C=C\C/C=C\C/C=C\C/C=C\CC. The number of amides is 1. The van der Waals surface area contributed by atoms with Crippen LogP contribution in [0.5, 0.6) is 0 Å². The zero-order valence-corrected chi connectivity index (χ0v) is 41.5. The van der Waals surface area contributed by atoms with E-state index in [1.165, 1.54) is 103 Å². The van der Waals surface area contributed by atoms with Crippen molar-refractivity contribution < 1.29 is 32.9 Å². The highest BCUT2D eigenvalue weighted by atomic mass is 31.2. The van der Waals surface area contributed by atoms with E-state index < -0.39 is 20.0 Å². The molecule has 0 aromatic heterocycles. The molecule has 0 fully saturated rings. The molecule has 9 heteroatoms. The van der Waals surface area contributed by atoms with Gasteiger partial charge in [0.15, 0.2) is 0 Å². The van der Waals surface area contributed by atoms with Crippen LogP contribution in [-0.4, -0.2) is 73.4 Å². The summed E-state index contributed by atoms with van der Waals surface area (Å²) in [5.74, 6) is -0.196. The molecule has 0 spiro atoms. The summed E-state index contributed by atoms with van der Waals surface area (Å²) in [6, 6.07) is -0.870. The Hall–Kier alpha value is -2.32. The molecular weight excluding hydrogens is 792 g/mol. The molecule has 3 unspecified atom stereocenters. The Morgan fingerprint density at radius 3 is 1.48 bits per heavy atom. The van der Waals surface area contributed by atoms with Crippen LogP contribution in [0.1, 0.15) is 194 Å². The van der Waals surface area contributed by atoms with E-state index in [0.717, 1.165) is 70.6 Å². The molecule has 0 aromatic carbocycles. The van der Waals surface area contributed by atoms with Crippen LogP contribution in [0.3, 0.4) is 0 Å². The number of aliphatic hydroxyl groups is 1. The van der Waals surface area contributed by atoms with Gasteiger partial charge in [-0.15, -0.1) is 0 Å². The molecule has 0 heterocycles. The lowest BCUT2D eigenvalue weighted by molar-refractivity contribution is -0.870. The number of phosphoric acid groups is 1. The highest BCUT2D eigenvalue weighted by molar-refractivity contribution is 7.47. The van der Waals surface area contributed by atoms with Crippen molar-refractivity contribution in [3.63, 3.8) is 0 Å². The maximum Gasteiger partial charge on any atom is 0.472 e. The van der Waals surface area contributed by atoms with Gasteiger partial charge in [0.05, 0.1) is 39.9 Å². The molecule has 0 aliphatic rings. The molecule has 3 atom stereocenters. The van der Waals surface area contributed by atoms with Crippen molar-refractivity contribution in [2.24, 2.45) is 0 Å². The Morgan fingerprint density at radius 2 is 1.00 bits per heavy atom. The molecule has 1 amide bonds. The van der Waals surface area contributed by atoms with Crippen molar-refractivity contribution in [2.45, 2.75) is 206 Å². The summed E-state index contributed by atoms with van der Waals surface area (Å²) in [6.07, 6.45) is 61.4. The lowest BCUT2D eigenvalue weighted by Crippen LogP contribution is -2.45. The van der Waals surface area contributed by atoms with Crippen molar-refractivity contribution in [3.8, 4) is 0 Å². The fourth-order valence-corrected chi connectivity index (χ4v) is 7.51. The van der Waals surface area contributed by atoms with Gasteiger partial charge in [0.25, 0.3) is 0 Å². The van der Waals surface area contributed by atoms with Crippen LogP contribution < -0.4 is 5.32 Å². The zero-order valence-electron chi connectivity index (χ0n) is 40.6. The molecule has 0 aliphatic heterocycles. The van der Waals surface area contributed by atoms with Crippen LogP contribution >= 0.6 is 7.82 Å². The van der Waals surface area contributed by atoms with E-state index >= 15 is 0 Å². The summed E-state index contributed by atoms with van der Waals surface area (Å²) in [5, 5.41) is 13.7. The smallest absolute Gasteiger partial charge is 0.387 e. The van der Waals surface area contributed by atoms with Gasteiger partial charge in [-0.3, -0.25) is 13.8 Å². The highest BCUT2D eigenvalue weighted by Gasteiger charge is 2.27. The molecule has 8 nitrogen and oxygen atoms in total. The Bertz CT molecular complexity index is 1280. The first-order valence-electron chi connectivity index (χ1n) is 24.9. The van der Waals surface area contributed by atoms with Gasteiger partial charge < -0.3 is 19.8 Å². The third-order valence-electron chi connectivity index (χ3n) is 10.7. The average molecular weight is 888 g/mol. The van der Waals surface area contributed by atoms with Crippen LogP contribution in [0.2, 0.25) is 0 Å². The summed E-state index contributed by atoms with van der Waals surface area (Å²) >= 11 is 0. The second-order valence-electron chi connectivity index (χ2n) is 17.8. The van der Waals surface area contributed by atoms with Gasteiger partial charge in [-0.25, -0.2) is 4.57 Å². The third-order valence-corrected chi connectivity index (χ3v) is 11.7. The Balaban J connectivity index is 4.02. The maximum absolute atomic E-state index is 12.9. The van der Waals surface area contributed by atoms with Crippen molar-refractivity contribution >= 4 is 13.7 Å². The standard InChI is InChI=1S/C53H95N2O6P/c1-6-8-10-12-14-16-17-18-19-20-21-22-23-24-25-26-27-28-29-30-31-32-33-34-35-36-37-39-41-43-45-47-53(57)54-51(50-61-62(58,59)60-49-48-55(3,4)5)52(56)46-44-42-40-38-15-13-11-9-7-2/h7-10,14-16,18-19,21-22,38,44,46,51-52,56H,6,11-13,17,20,23-37,39-43,45,47-50H2,1-5H3,(H-,54,57,58,59)/p+1/b9-7+,10-8-,16-14-,19-18-,22-21-,38-15+,46-44+. The van der Waals surface area contributed by atoms with Crippen molar-refractivity contribution in [3.05, 3.63) is 85.1 Å². The third kappa shape index (κ3) is 45.7. The molecule has 0 aliphatic carbocycles. The predicted octanol–water partition coefficient (Wildman–Crippen LogP) is 14.5. The van der Waals surface area contributed by atoms with Gasteiger partial charge in [0, 0.05) is 6.42 Å². The van der Waals surface area contributed by atoms with Crippen molar-refractivity contribution in [2.75, 3.05) is 40.9 Å². The van der Waals surface area contributed by atoms with Crippen molar-refractivity contribution in [1.82, 2.24) is 5.32 Å². The molecular formula is C53H96N2O6P+. The van der Waals surface area contributed by atoms with E-state index in [2.05, 4.69) is 79.1 Å². The Kier molecular flexibility index (Phi) is 42.3. The van der Waals surface area contributed by atoms with E-state index in [-0.39, 0.29) is 19.1 Å². The van der Waals surface area contributed by atoms with E-state index in [1.807, 2.05) is 40.2 Å². The van der Waals surface area contributed by atoms with E-state index in [0.29, 0.717) is 17.4 Å². The molecule has 3 N–H and O–H groups in total. The second kappa shape index (κ2) is 43.9. The number of rotatable bonds is 44. The summed E-state index contributed by atoms with van der Waals surface area (Å²) in [4.78, 5) is 23.1. The highest BCUT2D eigenvalue weighted by Crippen LogP contribution is 2.43. The van der Waals surface area contributed by atoms with Gasteiger partial charge in [-0.2, -0.15) is 0 Å². The summed E-state index contributed by atoms with van der Waals surface area (Å²) in [5.41, 5.74) is 0. The van der Waals surface area contributed by atoms with Crippen molar-refractivity contribution in [1.29, 1.82) is 0 Å². The normalized spacial score (nSPS) is 14.9. The molecule has 0 saturated heterocycles. The summed E-state index contributed by atoms with van der Waals surface area (Å²) < 4.78 is 23.5. The number of hydrogen-bond donors (Lipinski definition) is 3. The molecule has 0 bridgehead atoms. The molecule has 358 valence electrons. The molecule has 62 heavy (non-hydrogen) atoms. The number of carbonyl (C=O) groups excluding carboxylic acids is 1. The lowest BCUT2D eigenvalue weighted by Gasteiger charge is -2.25. The molecule has 0 radical (unpaired) electrons. The van der Waals surface area contributed by atoms with Crippen LogP contribution in [0.4, 0.5) is 0 Å². The van der Waals surface area contributed by atoms with Crippen LogP contribution in [-0.2, 0) is 18.4 Å². The van der Waals surface area contributed by atoms with Gasteiger partial charge in [-0.1, -0.05) is 195 Å². The minimum Gasteiger partial charge on any atom is -0.387 e. The fourth-order valence-electron chi connectivity index (χ4n) is 6.78. The number of aliphatic hydroxyl groups excluding tert-OH is 1. The van der Waals surface area contributed by atoms with Gasteiger partial charge in [-0.05, 0) is 77.6 Å². The summed E-state index contributed by atoms with van der Waals surface area (Å²) in [7, 11) is 1.54. The monoisotopic (exact) mass is 888 g/mol. The first kappa shape index (κ1) is 59.7. The Morgan fingerprint density at radius 1 is 0.581 bits per heavy atom. The van der Waals surface area contributed by atoms with Gasteiger partial charge in [0.2, 0.25) is 5.91 Å². The number of nitrogens with zero attached hydrogens (tertiary/aromatic N) is 1. The predicted molar refractivity (Wildman–Crippen MR) is 267 cm³/mol. The topological polar surface area (TPSA) is 105 Å². The first-order valence-corrected chi connectivity index (χ1v) is 26.4. The lowest BCUT2D eigenvalue weighted by atomic mass is 10.0. The number of nitrogens with one attached hydrogen (secondary N) is 1. The van der Waals surface area contributed by atoms with E-state index in [4.69, 9.17) is 9.05 Å². The largest absolute Gasteiger partial charge is 0.472 e. The number of quaternary nitrogens is 1. The number of phosphoric ester groups is 1. The molecule has 0 saturated carbocycles. The summed E-state index contributed by atoms with van der Waals surface area (Å²) in [6.45, 7) is 4.43. The van der Waals surface area contributed by atoms with Crippen LogP contribution in [0.25, 0.3) is 0 Å². The Labute approximate surface area is 382 Å². The fraction of sp³-hybridized carbons (Fsp3) is 0.717. The van der Waals surface area contributed by atoms with Crippen LogP contribution in [0, 0.1) is 0 Å². The molecule has 0 rings (SSSR count). The number of likely N-dealkylation sites (N-methyl/N-ethyl adjacent to an activating group) is 1. The van der Waals surface area contributed by atoms with Crippen LogP contribution in [0.15, 0.2) is 85.1 Å². The number of hydrogen-bond acceptors (Lipinski definition) is 5. The number of carbonyl (C=O) groups is 1. The second-order valence-corrected chi connectivity index (χ2v) is 19.3. The molecule has 0 aromatic rings. The first-order chi connectivity index (χ1) is 30.0. The number of allylic oxidation sites excluding steroid dienone is 13. The number of unbranched alkanes of at least 4 members (excludes halogenated alkanes) is 20. The minimum absolute atomic E-state index is 0.0507. The van der Waals surface area contributed by atoms with Gasteiger partial charge in [0.1, 0.15) is 13.2 Å². The quantitative estimate of drug-likeness (QED) is 0.0244. The minimum atomic E-state index is -4.35. The van der Waals surface area contributed by atoms with Gasteiger partial charge >= 0.3 is 7.82 Å². The zero-order chi connectivity index (χ0) is 45.7. The van der Waals surface area contributed by atoms with E-state index in [1.54, 1.807) is 6.08 Å². The van der Waals surface area contributed by atoms with E-state index in [9.17, 15) is 19.4 Å². The average Bonchev–Trinajstić information content (AvgIpc) is 3.23.